The molecule has 0 saturated heterocycles. The average Bonchev–Trinajstić information content (AvgIpc) is 2.55. The van der Waals surface area contributed by atoms with Gasteiger partial charge in [0, 0.05) is 38.0 Å². The molecule has 2 aromatic rings. The third kappa shape index (κ3) is 5.34. The van der Waals surface area contributed by atoms with Crippen molar-refractivity contribution in [2.24, 2.45) is 4.99 Å². The minimum Gasteiger partial charge on any atom is -0.439 e. The molecule has 0 spiro atoms. The van der Waals surface area contributed by atoms with Gasteiger partial charge in [0.25, 0.3) is 0 Å². The highest BCUT2D eigenvalue weighted by Crippen LogP contribution is 2.19. The van der Waals surface area contributed by atoms with Gasteiger partial charge in [-0.15, -0.1) is 24.0 Å². The highest BCUT2D eigenvalue weighted by atomic mass is 127. The minimum atomic E-state index is -0.334. The molecule has 2 N–H and O–H groups in total. The van der Waals surface area contributed by atoms with Crippen molar-refractivity contribution in [1.82, 2.24) is 15.6 Å². The molecular weight excluding hydrogens is 410 g/mol. The number of aliphatic imine (C=N–C) groups is 1. The number of hydrogen-bond acceptors (Lipinski definition) is 5. The van der Waals surface area contributed by atoms with Gasteiger partial charge in [0.2, 0.25) is 5.88 Å². The number of hydrogen-bond donors (Lipinski definition) is 2. The van der Waals surface area contributed by atoms with Gasteiger partial charge < -0.3 is 15.4 Å². The van der Waals surface area contributed by atoms with Crippen molar-refractivity contribution in [2.45, 2.75) is 13.0 Å². The molecule has 0 radical (unpaired) electrons. The molecule has 1 aliphatic rings. The number of guanidine groups is 1. The Bertz CT molecular complexity index is 663. The largest absolute Gasteiger partial charge is 0.439 e. The third-order valence-electron chi connectivity index (χ3n) is 3.17. The fourth-order valence-electron chi connectivity index (χ4n) is 2.06. The number of benzene rings is 1. The van der Waals surface area contributed by atoms with Crippen LogP contribution in [0.2, 0.25) is 0 Å². The van der Waals surface area contributed by atoms with Crippen LogP contribution in [0.25, 0.3) is 0 Å². The summed E-state index contributed by atoms with van der Waals surface area (Å²) in [4.78, 5) is 8.56. The number of halogens is 2. The van der Waals surface area contributed by atoms with Crippen molar-refractivity contribution in [3.05, 3.63) is 54.0 Å². The van der Waals surface area contributed by atoms with Gasteiger partial charge in [0.1, 0.15) is 11.6 Å². The number of nitrogens with zero attached hydrogens (tertiary/aromatic N) is 2. The average molecular weight is 428 g/mol. The summed E-state index contributed by atoms with van der Waals surface area (Å²) in [6.07, 6.45) is 2.80. The first kappa shape index (κ1) is 17.5. The van der Waals surface area contributed by atoms with E-state index in [0.717, 1.165) is 31.0 Å². The Labute approximate surface area is 151 Å². The standard InChI is InChI=1S/C16H17FN4O.HI/c17-13-3-1-4-14(9-13)22-15-6-5-12(10-20-15)11-21-16-18-7-2-8-19-16;/h1,3-6,9-10H,2,7-8,11H2,(H2,18,19,21);1H. The van der Waals surface area contributed by atoms with E-state index in [1.165, 1.54) is 12.1 Å². The van der Waals surface area contributed by atoms with Gasteiger partial charge in [0.05, 0.1) is 0 Å². The predicted molar refractivity (Wildman–Crippen MR) is 97.9 cm³/mol. The quantitative estimate of drug-likeness (QED) is 0.736. The predicted octanol–water partition coefficient (Wildman–Crippen LogP) is 3.07. The lowest BCUT2D eigenvalue weighted by atomic mass is 10.3. The fraction of sp³-hybridized carbons (Fsp3) is 0.250. The maximum atomic E-state index is 13.1. The molecule has 0 fully saturated rings. The molecular formula is C16H18FIN4O. The summed E-state index contributed by atoms with van der Waals surface area (Å²) in [5.41, 5.74) is 1.02. The molecule has 122 valence electrons. The van der Waals surface area contributed by atoms with Gasteiger partial charge in [-0.25, -0.2) is 9.37 Å². The van der Waals surface area contributed by atoms with E-state index in [2.05, 4.69) is 20.6 Å². The van der Waals surface area contributed by atoms with Crippen LogP contribution in [-0.4, -0.2) is 24.0 Å². The Hall–Kier alpha value is -1.90. The summed E-state index contributed by atoms with van der Waals surface area (Å²) in [5.74, 6) is 1.35. The molecule has 5 nitrogen and oxygen atoms in total. The Morgan fingerprint density at radius 2 is 2.17 bits per heavy atom. The second-order valence-electron chi connectivity index (χ2n) is 4.93. The molecule has 0 aliphatic carbocycles. The Morgan fingerprint density at radius 1 is 1.26 bits per heavy atom. The molecule has 0 atom stereocenters. The van der Waals surface area contributed by atoms with Crippen LogP contribution in [0.3, 0.4) is 0 Å². The van der Waals surface area contributed by atoms with Crippen LogP contribution in [0.1, 0.15) is 12.0 Å². The first-order valence-corrected chi connectivity index (χ1v) is 7.20. The van der Waals surface area contributed by atoms with E-state index in [1.54, 1.807) is 24.4 Å². The van der Waals surface area contributed by atoms with Gasteiger partial charge in [-0.2, -0.15) is 0 Å². The van der Waals surface area contributed by atoms with Gasteiger partial charge >= 0.3 is 0 Å². The molecule has 23 heavy (non-hydrogen) atoms. The van der Waals surface area contributed by atoms with E-state index in [9.17, 15) is 4.39 Å². The molecule has 0 unspecified atom stereocenters. The van der Waals surface area contributed by atoms with Crippen LogP contribution in [0.15, 0.2) is 47.6 Å². The topological polar surface area (TPSA) is 58.5 Å². The van der Waals surface area contributed by atoms with E-state index in [0.29, 0.717) is 18.2 Å². The zero-order valence-corrected chi connectivity index (χ0v) is 14.8. The molecule has 0 saturated carbocycles. The summed E-state index contributed by atoms with van der Waals surface area (Å²) < 4.78 is 18.6. The number of aromatic nitrogens is 1. The normalized spacial score (nSPS) is 13.3. The minimum absolute atomic E-state index is 0. The summed E-state index contributed by atoms with van der Waals surface area (Å²) >= 11 is 0. The Balaban J connectivity index is 0.00000192. The van der Waals surface area contributed by atoms with Crippen molar-refractivity contribution < 1.29 is 9.13 Å². The van der Waals surface area contributed by atoms with Crippen molar-refractivity contribution >= 4 is 29.9 Å². The van der Waals surface area contributed by atoms with E-state index in [4.69, 9.17) is 4.74 Å². The lowest BCUT2D eigenvalue weighted by molar-refractivity contribution is 0.457. The van der Waals surface area contributed by atoms with Crippen LogP contribution in [0, 0.1) is 5.82 Å². The van der Waals surface area contributed by atoms with E-state index >= 15 is 0 Å². The number of rotatable bonds is 4. The van der Waals surface area contributed by atoms with Gasteiger partial charge in [-0.1, -0.05) is 12.1 Å². The zero-order chi connectivity index (χ0) is 15.2. The number of nitrogens with one attached hydrogen (secondary N) is 2. The second-order valence-corrected chi connectivity index (χ2v) is 4.93. The first-order valence-electron chi connectivity index (χ1n) is 7.20. The summed E-state index contributed by atoms with van der Waals surface area (Å²) in [6.45, 7) is 2.44. The summed E-state index contributed by atoms with van der Waals surface area (Å²) in [5, 5.41) is 6.42. The maximum Gasteiger partial charge on any atom is 0.219 e. The van der Waals surface area contributed by atoms with Crippen molar-refractivity contribution in [3.63, 3.8) is 0 Å². The van der Waals surface area contributed by atoms with Crippen LogP contribution >= 0.6 is 24.0 Å². The van der Waals surface area contributed by atoms with Gasteiger partial charge in [0.15, 0.2) is 5.96 Å². The van der Waals surface area contributed by atoms with Crippen LogP contribution < -0.4 is 15.4 Å². The molecule has 0 bridgehead atoms. The zero-order valence-electron chi connectivity index (χ0n) is 12.5. The van der Waals surface area contributed by atoms with E-state index in [1.807, 2.05) is 6.07 Å². The smallest absolute Gasteiger partial charge is 0.219 e. The third-order valence-corrected chi connectivity index (χ3v) is 3.17. The number of pyridine rings is 1. The molecule has 1 aromatic carbocycles. The second kappa shape index (κ2) is 8.66. The molecule has 0 amide bonds. The van der Waals surface area contributed by atoms with E-state index < -0.39 is 0 Å². The highest BCUT2D eigenvalue weighted by molar-refractivity contribution is 14.0. The first-order chi connectivity index (χ1) is 10.8. The Kier molecular flexibility index (Phi) is 6.57. The monoisotopic (exact) mass is 428 g/mol. The van der Waals surface area contributed by atoms with Crippen LogP contribution in [0.4, 0.5) is 4.39 Å². The highest BCUT2D eigenvalue weighted by Gasteiger charge is 2.04. The lowest BCUT2D eigenvalue weighted by Crippen LogP contribution is -2.40. The molecule has 3 rings (SSSR count). The van der Waals surface area contributed by atoms with Crippen LogP contribution in [0.5, 0.6) is 11.6 Å². The van der Waals surface area contributed by atoms with Crippen molar-refractivity contribution in [2.75, 3.05) is 13.1 Å². The molecule has 1 aliphatic heterocycles. The van der Waals surface area contributed by atoms with Gasteiger partial charge in [-0.05, 0) is 24.1 Å². The van der Waals surface area contributed by atoms with Crippen molar-refractivity contribution in [1.29, 1.82) is 0 Å². The molecule has 1 aromatic heterocycles. The summed E-state index contributed by atoms with van der Waals surface area (Å²) in [6, 6.07) is 9.66. The van der Waals surface area contributed by atoms with Crippen molar-refractivity contribution in [3.8, 4) is 11.6 Å². The SMILES string of the molecule is Fc1cccc(Oc2ccc(CNC3=NCCCN3)cn2)c1.I. The lowest BCUT2D eigenvalue weighted by Gasteiger charge is -2.15. The van der Waals surface area contributed by atoms with Gasteiger partial charge in [-0.3, -0.25) is 4.99 Å². The fourth-order valence-corrected chi connectivity index (χ4v) is 2.06. The van der Waals surface area contributed by atoms with E-state index in [-0.39, 0.29) is 29.8 Å². The maximum absolute atomic E-state index is 13.1. The van der Waals surface area contributed by atoms with Crippen LogP contribution in [-0.2, 0) is 6.54 Å². The summed E-state index contributed by atoms with van der Waals surface area (Å²) in [7, 11) is 0. The molecule has 7 heteroatoms. The molecule has 2 heterocycles. The Morgan fingerprint density at radius 3 is 2.87 bits per heavy atom. The number of ether oxygens (including phenoxy) is 1.